The number of hydrogen-bond acceptors (Lipinski definition) is 3. The van der Waals surface area contributed by atoms with Crippen molar-refractivity contribution in [1.29, 1.82) is 10.5 Å². The third-order valence-corrected chi connectivity index (χ3v) is 1.97. The number of allylic oxidation sites excluding steroid dienone is 2. The molecule has 0 spiro atoms. The van der Waals surface area contributed by atoms with E-state index in [9.17, 15) is 0 Å². The van der Waals surface area contributed by atoms with Gasteiger partial charge in [0.2, 0.25) is 0 Å². The number of halogens is 1. The Morgan fingerprint density at radius 1 is 1.38 bits per heavy atom. The Morgan fingerprint density at radius 2 is 2.00 bits per heavy atom. The lowest BCUT2D eigenvalue weighted by Gasteiger charge is -1.93. The molecule has 0 aromatic carbocycles. The van der Waals surface area contributed by atoms with E-state index in [1.807, 2.05) is 0 Å². The molecule has 1 aromatic heterocycles. The summed E-state index contributed by atoms with van der Waals surface area (Å²) in [6.45, 7) is 1.67. The van der Waals surface area contributed by atoms with Crippen LogP contribution in [0.4, 0.5) is 0 Å². The van der Waals surface area contributed by atoms with Gasteiger partial charge in [0, 0.05) is 5.57 Å². The molecule has 0 saturated heterocycles. The minimum atomic E-state index is 0.0712. The molecule has 0 unspecified atom stereocenters. The predicted octanol–water partition coefficient (Wildman–Crippen LogP) is 2.86. The van der Waals surface area contributed by atoms with Crippen LogP contribution in [0.1, 0.15) is 12.7 Å². The van der Waals surface area contributed by atoms with Crippen LogP contribution in [0.25, 0.3) is 5.57 Å². The molecule has 0 atom stereocenters. The van der Waals surface area contributed by atoms with Crippen LogP contribution in [0.5, 0.6) is 0 Å². The van der Waals surface area contributed by atoms with Crippen LogP contribution < -0.4 is 0 Å². The number of nitriles is 2. The van der Waals surface area contributed by atoms with Crippen LogP contribution in [0, 0.1) is 22.7 Å². The van der Waals surface area contributed by atoms with E-state index >= 15 is 0 Å². The standard InChI is InChI=1S/C9H5BrN2O/c1-6(7(4-11)5-12)8-2-3-9(10)13-8/h2-3H,1H3. The Morgan fingerprint density at radius 3 is 2.38 bits per heavy atom. The van der Waals surface area contributed by atoms with E-state index in [1.165, 1.54) is 0 Å². The molecule has 0 saturated carbocycles. The van der Waals surface area contributed by atoms with E-state index in [0.717, 1.165) is 0 Å². The van der Waals surface area contributed by atoms with Crippen LogP contribution in [-0.2, 0) is 0 Å². The summed E-state index contributed by atoms with van der Waals surface area (Å²) in [7, 11) is 0. The van der Waals surface area contributed by atoms with E-state index in [-0.39, 0.29) is 5.57 Å². The molecule has 0 aliphatic carbocycles. The molecule has 0 amide bonds. The summed E-state index contributed by atoms with van der Waals surface area (Å²) in [6, 6.07) is 7.02. The number of nitrogens with zero attached hydrogens (tertiary/aromatic N) is 2. The van der Waals surface area contributed by atoms with Crippen molar-refractivity contribution in [3.8, 4) is 12.1 Å². The lowest BCUT2D eigenvalue weighted by Crippen LogP contribution is -1.80. The minimum Gasteiger partial charge on any atom is -0.450 e. The van der Waals surface area contributed by atoms with Crippen LogP contribution in [-0.4, -0.2) is 0 Å². The van der Waals surface area contributed by atoms with E-state index in [2.05, 4.69) is 15.9 Å². The van der Waals surface area contributed by atoms with Gasteiger partial charge in [-0.15, -0.1) is 0 Å². The summed E-state index contributed by atoms with van der Waals surface area (Å²) in [6.07, 6.45) is 0. The Labute approximate surface area is 84.0 Å². The molecule has 1 heterocycles. The topological polar surface area (TPSA) is 60.7 Å². The zero-order valence-corrected chi connectivity index (χ0v) is 8.42. The maximum absolute atomic E-state index is 8.58. The van der Waals surface area contributed by atoms with Crippen molar-refractivity contribution in [1.82, 2.24) is 0 Å². The second-order valence-electron chi connectivity index (χ2n) is 2.33. The first-order chi connectivity index (χ1) is 6.19. The van der Waals surface area contributed by atoms with Gasteiger partial charge in [-0.3, -0.25) is 0 Å². The summed E-state index contributed by atoms with van der Waals surface area (Å²) >= 11 is 3.14. The average Bonchev–Trinajstić information content (AvgIpc) is 2.54. The van der Waals surface area contributed by atoms with E-state index in [0.29, 0.717) is 16.0 Å². The fourth-order valence-corrected chi connectivity index (χ4v) is 1.14. The molecule has 1 rings (SSSR count). The molecule has 0 aliphatic rings. The third kappa shape index (κ3) is 1.99. The molecule has 64 valence electrons. The summed E-state index contributed by atoms with van der Waals surface area (Å²) in [4.78, 5) is 0. The van der Waals surface area contributed by atoms with E-state index in [1.54, 1.807) is 31.2 Å². The lowest BCUT2D eigenvalue weighted by atomic mass is 10.1. The van der Waals surface area contributed by atoms with Crippen molar-refractivity contribution in [2.24, 2.45) is 0 Å². The van der Waals surface area contributed by atoms with Crippen LogP contribution in [0.15, 0.2) is 26.8 Å². The minimum absolute atomic E-state index is 0.0712. The monoisotopic (exact) mass is 236 g/mol. The number of furan rings is 1. The van der Waals surface area contributed by atoms with Gasteiger partial charge in [0.05, 0.1) is 0 Å². The zero-order chi connectivity index (χ0) is 9.84. The molecule has 3 nitrogen and oxygen atoms in total. The molecule has 0 radical (unpaired) electrons. The largest absolute Gasteiger partial charge is 0.450 e. The average molecular weight is 237 g/mol. The van der Waals surface area contributed by atoms with Crippen molar-refractivity contribution < 1.29 is 4.42 Å². The van der Waals surface area contributed by atoms with Gasteiger partial charge >= 0.3 is 0 Å². The second-order valence-corrected chi connectivity index (χ2v) is 3.11. The fraction of sp³-hybridized carbons (Fsp3) is 0.111. The molecule has 4 heteroatoms. The normalized spacial score (nSPS) is 8.62. The molecular formula is C9H5BrN2O. The first kappa shape index (κ1) is 9.57. The Hall–Kier alpha value is -1.52. The van der Waals surface area contributed by atoms with Gasteiger partial charge in [0.25, 0.3) is 0 Å². The summed E-state index contributed by atoms with van der Waals surface area (Å²) < 4.78 is 5.77. The van der Waals surface area contributed by atoms with Gasteiger partial charge in [-0.05, 0) is 35.0 Å². The summed E-state index contributed by atoms with van der Waals surface area (Å²) in [5, 5.41) is 17.2. The quantitative estimate of drug-likeness (QED) is 0.705. The van der Waals surface area contributed by atoms with Crippen LogP contribution in [0.2, 0.25) is 0 Å². The number of hydrogen-bond donors (Lipinski definition) is 0. The van der Waals surface area contributed by atoms with E-state index < -0.39 is 0 Å². The van der Waals surface area contributed by atoms with Gasteiger partial charge in [-0.25, -0.2) is 0 Å². The maximum Gasteiger partial charge on any atom is 0.169 e. The predicted molar refractivity (Wildman–Crippen MR) is 50.2 cm³/mol. The molecular weight excluding hydrogens is 232 g/mol. The molecule has 13 heavy (non-hydrogen) atoms. The third-order valence-electron chi connectivity index (χ3n) is 1.54. The molecule has 0 fully saturated rings. The highest BCUT2D eigenvalue weighted by atomic mass is 79.9. The fourth-order valence-electron chi connectivity index (χ4n) is 0.832. The van der Waals surface area contributed by atoms with Crippen molar-refractivity contribution in [2.75, 3.05) is 0 Å². The number of rotatable bonds is 1. The maximum atomic E-state index is 8.58. The van der Waals surface area contributed by atoms with Crippen molar-refractivity contribution in [2.45, 2.75) is 6.92 Å². The summed E-state index contributed by atoms with van der Waals surface area (Å²) in [5.74, 6) is 0.532. The van der Waals surface area contributed by atoms with Gasteiger partial charge in [0.1, 0.15) is 23.5 Å². The molecule has 1 aromatic rings. The highest BCUT2D eigenvalue weighted by Gasteiger charge is 2.07. The SMILES string of the molecule is CC(=C(C#N)C#N)c1ccc(Br)o1. The van der Waals surface area contributed by atoms with Crippen molar-refractivity contribution >= 4 is 21.5 Å². The van der Waals surface area contributed by atoms with Crippen molar-refractivity contribution in [3.05, 3.63) is 28.1 Å². The molecule has 0 bridgehead atoms. The van der Waals surface area contributed by atoms with Gasteiger partial charge in [-0.1, -0.05) is 0 Å². The molecule has 0 aliphatic heterocycles. The van der Waals surface area contributed by atoms with Gasteiger partial charge in [-0.2, -0.15) is 10.5 Å². The first-order valence-corrected chi connectivity index (χ1v) is 4.25. The van der Waals surface area contributed by atoms with Gasteiger partial charge < -0.3 is 4.42 Å². The highest BCUT2D eigenvalue weighted by molar-refractivity contribution is 9.10. The first-order valence-electron chi connectivity index (χ1n) is 3.46. The summed E-state index contributed by atoms with van der Waals surface area (Å²) in [5.41, 5.74) is 0.623. The van der Waals surface area contributed by atoms with Crippen molar-refractivity contribution in [3.63, 3.8) is 0 Å². The highest BCUT2D eigenvalue weighted by Crippen LogP contribution is 2.22. The van der Waals surface area contributed by atoms with Crippen LogP contribution >= 0.6 is 15.9 Å². The Bertz CT molecular complexity index is 415. The second kappa shape index (κ2) is 3.93. The molecule has 0 N–H and O–H groups in total. The zero-order valence-electron chi connectivity index (χ0n) is 6.84. The van der Waals surface area contributed by atoms with Gasteiger partial charge in [0.15, 0.2) is 4.67 Å². The van der Waals surface area contributed by atoms with Crippen LogP contribution in [0.3, 0.4) is 0 Å². The Balaban J connectivity index is 3.19. The van der Waals surface area contributed by atoms with E-state index in [4.69, 9.17) is 14.9 Å². The smallest absolute Gasteiger partial charge is 0.169 e. The lowest BCUT2D eigenvalue weighted by molar-refractivity contribution is 0.527. The Kier molecular flexibility index (Phi) is 2.89.